The van der Waals surface area contributed by atoms with Crippen molar-refractivity contribution in [2.24, 2.45) is 5.41 Å². The van der Waals surface area contributed by atoms with Gasteiger partial charge in [-0.05, 0) is 30.7 Å². The summed E-state index contributed by atoms with van der Waals surface area (Å²) in [5, 5.41) is 12.4. The summed E-state index contributed by atoms with van der Waals surface area (Å²) in [6, 6.07) is 1.89. The molecule has 0 bridgehead atoms. The van der Waals surface area contributed by atoms with Crippen molar-refractivity contribution in [2.75, 3.05) is 37.5 Å². The SMILES string of the molecule is CN(C)c1ccnc(NCC2(CCO)CCC2)n1. The Morgan fingerprint density at radius 3 is 2.78 bits per heavy atom. The minimum absolute atomic E-state index is 0.256. The number of nitrogens with zero attached hydrogens (tertiary/aromatic N) is 3. The van der Waals surface area contributed by atoms with Crippen LogP contribution in [0.3, 0.4) is 0 Å². The maximum Gasteiger partial charge on any atom is 0.224 e. The second-order valence-electron chi connectivity index (χ2n) is 5.31. The first kappa shape index (κ1) is 13.1. The molecule has 0 spiro atoms. The van der Waals surface area contributed by atoms with E-state index in [-0.39, 0.29) is 12.0 Å². The highest BCUT2D eigenvalue weighted by Crippen LogP contribution is 2.43. The molecule has 1 aromatic rings. The lowest BCUT2D eigenvalue weighted by atomic mass is 9.67. The van der Waals surface area contributed by atoms with Crippen LogP contribution in [0.25, 0.3) is 0 Å². The van der Waals surface area contributed by atoms with E-state index in [0.717, 1.165) is 18.8 Å². The van der Waals surface area contributed by atoms with E-state index in [2.05, 4.69) is 15.3 Å². The highest BCUT2D eigenvalue weighted by molar-refractivity contribution is 5.40. The summed E-state index contributed by atoms with van der Waals surface area (Å²) in [6.07, 6.45) is 6.28. The molecule has 100 valence electrons. The molecule has 2 N–H and O–H groups in total. The van der Waals surface area contributed by atoms with Crippen molar-refractivity contribution < 1.29 is 5.11 Å². The van der Waals surface area contributed by atoms with Crippen molar-refractivity contribution >= 4 is 11.8 Å². The molecule has 1 fully saturated rings. The van der Waals surface area contributed by atoms with Crippen molar-refractivity contribution in [2.45, 2.75) is 25.7 Å². The second-order valence-corrected chi connectivity index (χ2v) is 5.31. The standard InChI is InChI=1S/C13H22N4O/c1-17(2)11-4-8-14-12(16-11)15-10-13(7-9-18)5-3-6-13/h4,8,18H,3,5-7,9-10H2,1-2H3,(H,14,15,16). The number of rotatable bonds is 6. The molecule has 0 aliphatic heterocycles. The lowest BCUT2D eigenvalue weighted by Gasteiger charge is -2.41. The van der Waals surface area contributed by atoms with Gasteiger partial charge in [0.1, 0.15) is 5.82 Å². The Labute approximate surface area is 108 Å². The van der Waals surface area contributed by atoms with Crippen LogP contribution in [-0.2, 0) is 0 Å². The molecule has 1 saturated carbocycles. The first-order chi connectivity index (χ1) is 8.65. The van der Waals surface area contributed by atoms with E-state index in [1.807, 2.05) is 25.1 Å². The summed E-state index contributed by atoms with van der Waals surface area (Å²) in [5.41, 5.74) is 0.256. The normalized spacial score (nSPS) is 17.1. The molecule has 2 rings (SSSR count). The second kappa shape index (κ2) is 5.52. The molecular formula is C13H22N4O. The lowest BCUT2D eigenvalue weighted by molar-refractivity contribution is 0.101. The van der Waals surface area contributed by atoms with Gasteiger partial charge in [-0.3, -0.25) is 0 Å². The summed E-state index contributed by atoms with van der Waals surface area (Å²) in [6.45, 7) is 1.12. The van der Waals surface area contributed by atoms with Crippen molar-refractivity contribution in [3.8, 4) is 0 Å². The van der Waals surface area contributed by atoms with Crippen LogP contribution in [0, 0.1) is 5.41 Å². The fourth-order valence-corrected chi connectivity index (χ4v) is 2.38. The Balaban J connectivity index is 1.95. The average Bonchev–Trinajstić information content (AvgIpc) is 2.33. The first-order valence-electron chi connectivity index (χ1n) is 6.50. The van der Waals surface area contributed by atoms with E-state index in [9.17, 15) is 0 Å². The van der Waals surface area contributed by atoms with Crippen LogP contribution in [0.15, 0.2) is 12.3 Å². The zero-order chi connectivity index (χ0) is 13.0. The Hall–Kier alpha value is -1.36. The van der Waals surface area contributed by atoms with E-state index in [1.54, 1.807) is 6.20 Å². The molecule has 18 heavy (non-hydrogen) atoms. The molecule has 0 radical (unpaired) electrons. The largest absolute Gasteiger partial charge is 0.396 e. The third-order valence-corrected chi connectivity index (χ3v) is 3.78. The van der Waals surface area contributed by atoms with Crippen LogP contribution in [0.4, 0.5) is 11.8 Å². The lowest BCUT2D eigenvalue weighted by Crippen LogP contribution is -2.37. The molecule has 0 saturated heterocycles. The van der Waals surface area contributed by atoms with Gasteiger partial charge in [0.25, 0.3) is 0 Å². The van der Waals surface area contributed by atoms with Crippen molar-refractivity contribution in [1.82, 2.24) is 9.97 Å². The summed E-state index contributed by atoms with van der Waals surface area (Å²) in [7, 11) is 3.93. The first-order valence-corrected chi connectivity index (χ1v) is 6.50. The average molecular weight is 250 g/mol. The zero-order valence-corrected chi connectivity index (χ0v) is 11.2. The topological polar surface area (TPSA) is 61.3 Å². The Morgan fingerprint density at radius 2 is 2.22 bits per heavy atom. The maximum absolute atomic E-state index is 9.12. The highest BCUT2D eigenvalue weighted by atomic mass is 16.3. The highest BCUT2D eigenvalue weighted by Gasteiger charge is 2.36. The van der Waals surface area contributed by atoms with Gasteiger partial charge >= 0.3 is 0 Å². The van der Waals surface area contributed by atoms with Crippen LogP contribution in [0.2, 0.25) is 0 Å². The van der Waals surface area contributed by atoms with Gasteiger partial charge in [0.05, 0.1) is 0 Å². The fourth-order valence-electron chi connectivity index (χ4n) is 2.38. The molecule has 0 unspecified atom stereocenters. The molecule has 1 heterocycles. The minimum atomic E-state index is 0.256. The molecule has 0 amide bonds. The van der Waals surface area contributed by atoms with Gasteiger partial charge in [0.15, 0.2) is 0 Å². The number of aliphatic hydroxyl groups is 1. The Kier molecular flexibility index (Phi) is 4.01. The van der Waals surface area contributed by atoms with E-state index in [4.69, 9.17) is 5.11 Å². The third kappa shape index (κ3) is 2.90. The predicted octanol–water partition coefficient (Wildman–Crippen LogP) is 1.51. The van der Waals surface area contributed by atoms with Crippen LogP contribution in [0.5, 0.6) is 0 Å². The van der Waals surface area contributed by atoms with Crippen molar-refractivity contribution in [1.29, 1.82) is 0 Å². The van der Waals surface area contributed by atoms with E-state index in [1.165, 1.54) is 19.3 Å². The van der Waals surface area contributed by atoms with Crippen LogP contribution in [-0.4, -0.2) is 42.3 Å². The summed E-state index contributed by atoms with van der Waals surface area (Å²) < 4.78 is 0. The monoisotopic (exact) mass is 250 g/mol. The number of anilines is 2. The predicted molar refractivity (Wildman–Crippen MR) is 72.8 cm³/mol. The van der Waals surface area contributed by atoms with Crippen molar-refractivity contribution in [3.63, 3.8) is 0 Å². The molecule has 5 heteroatoms. The van der Waals surface area contributed by atoms with E-state index in [0.29, 0.717) is 5.95 Å². The maximum atomic E-state index is 9.12. The zero-order valence-electron chi connectivity index (χ0n) is 11.2. The van der Waals surface area contributed by atoms with Gasteiger partial charge in [-0.25, -0.2) is 4.98 Å². The molecule has 5 nitrogen and oxygen atoms in total. The quantitative estimate of drug-likeness (QED) is 0.801. The van der Waals surface area contributed by atoms with E-state index >= 15 is 0 Å². The Bertz CT molecular complexity index is 390. The molecule has 0 aromatic carbocycles. The minimum Gasteiger partial charge on any atom is -0.396 e. The van der Waals surface area contributed by atoms with Gasteiger partial charge in [-0.2, -0.15) is 4.98 Å². The van der Waals surface area contributed by atoms with Gasteiger partial charge in [0, 0.05) is 33.4 Å². The number of nitrogens with one attached hydrogen (secondary N) is 1. The van der Waals surface area contributed by atoms with Gasteiger partial charge in [-0.15, -0.1) is 0 Å². The summed E-state index contributed by atoms with van der Waals surface area (Å²) in [4.78, 5) is 10.6. The number of aromatic nitrogens is 2. The third-order valence-electron chi connectivity index (χ3n) is 3.78. The molecule has 1 aromatic heterocycles. The van der Waals surface area contributed by atoms with Crippen LogP contribution < -0.4 is 10.2 Å². The van der Waals surface area contributed by atoms with Gasteiger partial charge in [0.2, 0.25) is 5.95 Å². The fraction of sp³-hybridized carbons (Fsp3) is 0.692. The van der Waals surface area contributed by atoms with Crippen LogP contribution >= 0.6 is 0 Å². The summed E-state index contributed by atoms with van der Waals surface area (Å²) in [5.74, 6) is 1.57. The molecule has 1 aliphatic carbocycles. The van der Waals surface area contributed by atoms with E-state index < -0.39 is 0 Å². The van der Waals surface area contributed by atoms with Gasteiger partial charge < -0.3 is 15.3 Å². The molecule has 1 aliphatic rings. The number of aliphatic hydroxyl groups excluding tert-OH is 1. The molecule has 0 atom stereocenters. The smallest absolute Gasteiger partial charge is 0.224 e. The Morgan fingerprint density at radius 1 is 1.44 bits per heavy atom. The van der Waals surface area contributed by atoms with Crippen molar-refractivity contribution in [3.05, 3.63) is 12.3 Å². The number of hydrogen-bond donors (Lipinski definition) is 2. The van der Waals surface area contributed by atoms with Crippen LogP contribution in [0.1, 0.15) is 25.7 Å². The molecular weight excluding hydrogens is 228 g/mol. The van der Waals surface area contributed by atoms with Gasteiger partial charge in [-0.1, -0.05) is 6.42 Å². The summed E-state index contributed by atoms with van der Waals surface area (Å²) >= 11 is 0. The number of hydrogen-bond acceptors (Lipinski definition) is 5.